The van der Waals surface area contributed by atoms with Gasteiger partial charge >= 0.3 is 0 Å². The predicted molar refractivity (Wildman–Crippen MR) is 82.3 cm³/mol. The SMILES string of the molecule is COCc1nc(N)cc(Nc2c(Br)cccc2Br)n1. The van der Waals surface area contributed by atoms with Crippen molar-refractivity contribution < 1.29 is 4.74 Å². The number of hydrogen-bond donors (Lipinski definition) is 2. The van der Waals surface area contributed by atoms with Crippen LogP contribution in [-0.4, -0.2) is 17.1 Å². The van der Waals surface area contributed by atoms with Crippen molar-refractivity contribution in [3.05, 3.63) is 39.0 Å². The number of ether oxygens (including phenoxy) is 1. The maximum atomic E-state index is 5.75. The zero-order valence-corrected chi connectivity index (χ0v) is 13.3. The third-order valence-electron chi connectivity index (χ3n) is 2.28. The summed E-state index contributed by atoms with van der Waals surface area (Å²) in [4.78, 5) is 8.42. The van der Waals surface area contributed by atoms with E-state index in [2.05, 4.69) is 47.1 Å². The quantitative estimate of drug-likeness (QED) is 0.840. The second-order valence-electron chi connectivity index (χ2n) is 3.75. The van der Waals surface area contributed by atoms with E-state index in [1.165, 1.54) is 0 Å². The normalized spacial score (nSPS) is 10.5. The van der Waals surface area contributed by atoms with Crippen molar-refractivity contribution in [3.8, 4) is 0 Å². The van der Waals surface area contributed by atoms with E-state index in [1.807, 2.05) is 18.2 Å². The zero-order valence-electron chi connectivity index (χ0n) is 10.2. The van der Waals surface area contributed by atoms with Crippen molar-refractivity contribution in [1.29, 1.82) is 0 Å². The van der Waals surface area contributed by atoms with E-state index in [9.17, 15) is 0 Å². The van der Waals surface area contributed by atoms with E-state index in [1.54, 1.807) is 13.2 Å². The third-order valence-corrected chi connectivity index (χ3v) is 3.60. The van der Waals surface area contributed by atoms with Gasteiger partial charge in [-0.2, -0.15) is 0 Å². The summed E-state index contributed by atoms with van der Waals surface area (Å²) in [5.41, 5.74) is 6.63. The molecule has 2 aromatic rings. The molecule has 2 rings (SSSR count). The Hall–Kier alpha value is -1.18. The number of para-hydroxylation sites is 1. The summed E-state index contributed by atoms with van der Waals surface area (Å²) < 4.78 is 6.86. The van der Waals surface area contributed by atoms with Crippen LogP contribution < -0.4 is 11.1 Å². The molecule has 5 nitrogen and oxygen atoms in total. The molecule has 19 heavy (non-hydrogen) atoms. The second kappa shape index (κ2) is 6.31. The number of anilines is 3. The van der Waals surface area contributed by atoms with Gasteiger partial charge in [0.1, 0.15) is 18.2 Å². The maximum absolute atomic E-state index is 5.75. The standard InChI is InChI=1S/C12H12Br2N4O/c1-19-6-11-16-9(15)5-10(17-11)18-12-7(13)3-2-4-8(12)14/h2-5H,6H2,1H3,(H3,15,16,17,18). The molecule has 1 aromatic carbocycles. The van der Waals surface area contributed by atoms with E-state index in [0.29, 0.717) is 24.1 Å². The lowest BCUT2D eigenvalue weighted by Crippen LogP contribution is -2.04. The van der Waals surface area contributed by atoms with E-state index in [0.717, 1.165) is 14.6 Å². The van der Waals surface area contributed by atoms with Gasteiger partial charge in [0.25, 0.3) is 0 Å². The lowest BCUT2D eigenvalue weighted by Gasteiger charge is -2.11. The van der Waals surface area contributed by atoms with Gasteiger partial charge in [-0.25, -0.2) is 9.97 Å². The van der Waals surface area contributed by atoms with Gasteiger partial charge in [-0.1, -0.05) is 6.07 Å². The number of nitrogens with zero attached hydrogens (tertiary/aromatic N) is 2. The number of nitrogens with one attached hydrogen (secondary N) is 1. The first-order chi connectivity index (χ1) is 9.10. The number of rotatable bonds is 4. The van der Waals surface area contributed by atoms with Crippen LogP contribution in [0.25, 0.3) is 0 Å². The fraction of sp³-hybridized carbons (Fsp3) is 0.167. The molecule has 0 amide bonds. The number of halogens is 2. The summed E-state index contributed by atoms with van der Waals surface area (Å²) in [6.07, 6.45) is 0. The van der Waals surface area contributed by atoms with Crippen molar-refractivity contribution in [1.82, 2.24) is 9.97 Å². The number of methoxy groups -OCH3 is 1. The van der Waals surface area contributed by atoms with Gasteiger partial charge in [-0.05, 0) is 44.0 Å². The van der Waals surface area contributed by atoms with Crippen LogP contribution in [0.4, 0.5) is 17.3 Å². The molecule has 0 atom stereocenters. The molecule has 0 aliphatic carbocycles. The average molecular weight is 388 g/mol. The molecule has 0 bridgehead atoms. The number of nitrogens with two attached hydrogens (primary N) is 1. The molecule has 1 aromatic heterocycles. The van der Waals surface area contributed by atoms with Crippen molar-refractivity contribution in [3.63, 3.8) is 0 Å². The topological polar surface area (TPSA) is 73.1 Å². The molecule has 0 fully saturated rings. The molecular weight excluding hydrogens is 376 g/mol. The minimum atomic E-state index is 0.316. The first-order valence-electron chi connectivity index (χ1n) is 5.43. The molecule has 3 N–H and O–H groups in total. The van der Waals surface area contributed by atoms with Crippen LogP contribution in [0.2, 0.25) is 0 Å². The van der Waals surface area contributed by atoms with Gasteiger partial charge in [0.05, 0.1) is 5.69 Å². The molecular formula is C12H12Br2N4O. The highest BCUT2D eigenvalue weighted by Crippen LogP contribution is 2.32. The summed E-state index contributed by atoms with van der Waals surface area (Å²) in [7, 11) is 1.59. The molecule has 0 radical (unpaired) electrons. The highest BCUT2D eigenvalue weighted by Gasteiger charge is 2.08. The highest BCUT2D eigenvalue weighted by molar-refractivity contribution is 9.11. The summed E-state index contributed by atoms with van der Waals surface area (Å²) in [6.45, 7) is 0.316. The van der Waals surface area contributed by atoms with Crippen LogP contribution in [0, 0.1) is 0 Å². The largest absolute Gasteiger partial charge is 0.384 e. The van der Waals surface area contributed by atoms with Gasteiger partial charge in [-0.15, -0.1) is 0 Å². The fourth-order valence-electron chi connectivity index (χ4n) is 1.52. The van der Waals surface area contributed by atoms with Crippen molar-refractivity contribution in [2.24, 2.45) is 0 Å². The number of nitrogen functional groups attached to an aromatic ring is 1. The number of benzene rings is 1. The van der Waals surface area contributed by atoms with Gasteiger partial charge in [-0.3, -0.25) is 0 Å². The van der Waals surface area contributed by atoms with Crippen LogP contribution in [0.15, 0.2) is 33.2 Å². The Labute approximate surface area is 127 Å². The van der Waals surface area contributed by atoms with Crippen LogP contribution in [0.1, 0.15) is 5.82 Å². The van der Waals surface area contributed by atoms with Crippen molar-refractivity contribution in [2.75, 3.05) is 18.2 Å². The van der Waals surface area contributed by atoms with E-state index in [-0.39, 0.29) is 0 Å². The number of hydrogen-bond acceptors (Lipinski definition) is 5. The van der Waals surface area contributed by atoms with E-state index >= 15 is 0 Å². The lowest BCUT2D eigenvalue weighted by atomic mass is 10.3. The Bertz CT molecular complexity index is 572. The monoisotopic (exact) mass is 386 g/mol. The number of aromatic nitrogens is 2. The third kappa shape index (κ3) is 3.65. The molecule has 7 heteroatoms. The predicted octanol–water partition coefficient (Wildman–Crippen LogP) is 3.47. The van der Waals surface area contributed by atoms with Gasteiger partial charge in [0.15, 0.2) is 5.82 Å². The molecule has 0 unspecified atom stereocenters. The Balaban J connectivity index is 2.33. The lowest BCUT2D eigenvalue weighted by molar-refractivity contribution is 0.178. The highest BCUT2D eigenvalue weighted by atomic mass is 79.9. The first kappa shape index (κ1) is 14.2. The summed E-state index contributed by atoms with van der Waals surface area (Å²) >= 11 is 6.96. The zero-order chi connectivity index (χ0) is 13.8. The molecule has 0 aliphatic rings. The van der Waals surface area contributed by atoms with Crippen molar-refractivity contribution in [2.45, 2.75) is 6.61 Å². The minimum absolute atomic E-state index is 0.316. The molecule has 0 spiro atoms. The molecule has 0 saturated carbocycles. The van der Waals surface area contributed by atoms with Crippen molar-refractivity contribution >= 4 is 49.2 Å². The van der Waals surface area contributed by atoms with Crippen LogP contribution in [0.3, 0.4) is 0 Å². The van der Waals surface area contributed by atoms with Gasteiger partial charge < -0.3 is 15.8 Å². The van der Waals surface area contributed by atoms with Crippen LogP contribution in [-0.2, 0) is 11.3 Å². The summed E-state index contributed by atoms with van der Waals surface area (Å²) in [5.74, 6) is 1.55. The Morgan fingerprint density at radius 3 is 2.58 bits per heavy atom. The first-order valence-corrected chi connectivity index (χ1v) is 7.02. The smallest absolute Gasteiger partial charge is 0.158 e. The fourth-order valence-corrected chi connectivity index (χ4v) is 2.72. The Morgan fingerprint density at radius 1 is 1.26 bits per heavy atom. The summed E-state index contributed by atoms with van der Waals surface area (Å²) in [6, 6.07) is 7.48. The van der Waals surface area contributed by atoms with Gasteiger partial charge in [0, 0.05) is 22.1 Å². The molecule has 100 valence electrons. The second-order valence-corrected chi connectivity index (χ2v) is 5.46. The Kier molecular flexibility index (Phi) is 4.73. The molecule has 0 saturated heterocycles. The molecule has 1 heterocycles. The maximum Gasteiger partial charge on any atom is 0.158 e. The minimum Gasteiger partial charge on any atom is -0.384 e. The van der Waals surface area contributed by atoms with Gasteiger partial charge in [0.2, 0.25) is 0 Å². The van der Waals surface area contributed by atoms with E-state index in [4.69, 9.17) is 10.5 Å². The summed E-state index contributed by atoms with van der Waals surface area (Å²) in [5, 5.41) is 3.20. The van der Waals surface area contributed by atoms with Crippen LogP contribution >= 0.6 is 31.9 Å². The Morgan fingerprint density at radius 2 is 1.95 bits per heavy atom. The van der Waals surface area contributed by atoms with E-state index < -0.39 is 0 Å². The molecule has 0 aliphatic heterocycles. The average Bonchev–Trinajstić information content (AvgIpc) is 2.34. The van der Waals surface area contributed by atoms with Crippen LogP contribution in [0.5, 0.6) is 0 Å².